The zero-order valence-corrected chi connectivity index (χ0v) is 10.8. The van der Waals surface area contributed by atoms with Crippen LogP contribution in [0.25, 0.3) is 6.08 Å². The highest BCUT2D eigenvalue weighted by Crippen LogP contribution is 2.08. The van der Waals surface area contributed by atoms with Gasteiger partial charge in [0.2, 0.25) is 0 Å². The Morgan fingerprint density at radius 2 is 1.83 bits per heavy atom. The van der Waals surface area contributed by atoms with E-state index in [-0.39, 0.29) is 18.2 Å². The maximum atomic E-state index is 11.4. The molecule has 3 nitrogen and oxygen atoms in total. The predicted molar refractivity (Wildman–Crippen MR) is 71.3 cm³/mol. The molecule has 1 aromatic rings. The van der Waals surface area contributed by atoms with Crippen LogP contribution in [-0.4, -0.2) is 18.4 Å². The minimum Gasteiger partial charge on any atom is -0.466 e. The second-order valence-electron chi connectivity index (χ2n) is 3.81. The molecule has 0 aliphatic heterocycles. The molecule has 0 fully saturated rings. The van der Waals surface area contributed by atoms with Crippen molar-refractivity contribution < 1.29 is 14.3 Å². The van der Waals surface area contributed by atoms with Crippen LogP contribution in [-0.2, 0) is 9.53 Å². The van der Waals surface area contributed by atoms with Crippen LogP contribution in [0.15, 0.2) is 30.3 Å². The van der Waals surface area contributed by atoms with Crippen LogP contribution in [0.1, 0.15) is 42.6 Å². The van der Waals surface area contributed by atoms with E-state index < -0.39 is 0 Å². The summed E-state index contributed by atoms with van der Waals surface area (Å²) >= 11 is 0. The Labute approximate surface area is 107 Å². The number of ether oxygens (including phenoxy) is 1. The minimum atomic E-state index is -0.230. The number of hydrogen-bond acceptors (Lipinski definition) is 3. The Kier molecular flexibility index (Phi) is 5.85. The first-order chi connectivity index (χ1) is 8.67. The molecule has 0 aliphatic carbocycles. The summed E-state index contributed by atoms with van der Waals surface area (Å²) in [6.07, 6.45) is 4.38. The average molecular weight is 246 g/mol. The first-order valence-corrected chi connectivity index (χ1v) is 6.12. The first-order valence-electron chi connectivity index (χ1n) is 6.12. The largest absolute Gasteiger partial charge is 0.466 e. The van der Waals surface area contributed by atoms with Crippen LogP contribution in [0.4, 0.5) is 0 Å². The van der Waals surface area contributed by atoms with E-state index >= 15 is 0 Å². The molecule has 0 bridgehead atoms. The van der Waals surface area contributed by atoms with Crippen molar-refractivity contribution in [1.82, 2.24) is 0 Å². The number of benzene rings is 1. The summed E-state index contributed by atoms with van der Waals surface area (Å²) in [5.41, 5.74) is 1.69. The predicted octanol–water partition coefficient (Wildman–Crippen LogP) is 3.25. The fraction of sp³-hybridized carbons (Fsp3) is 0.333. The van der Waals surface area contributed by atoms with E-state index in [0.29, 0.717) is 13.0 Å². The van der Waals surface area contributed by atoms with Gasteiger partial charge in [-0.05, 0) is 12.5 Å². The third-order valence-electron chi connectivity index (χ3n) is 2.45. The molecule has 3 heteroatoms. The molecule has 0 spiro atoms. The molecular weight excluding hydrogens is 228 g/mol. The molecule has 1 rings (SSSR count). The number of Topliss-reactive ketones (excluding diaryl/α,β-unsaturated/α-hetero) is 1. The minimum absolute atomic E-state index is 0.136. The van der Waals surface area contributed by atoms with Crippen LogP contribution in [0, 0.1) is 0 Å². The van der Waals surface area contributed by atoms with E-state index in [9.17, 15) is 9.59 Å². The molecule has 0 saturated heterocycles. The maximum Gasteiger partial charge on any atom is 0.309 e. The first kappa shape index (κ1) is 14.2. The van der Waals surface area contributed by atoms with E-state index in [2.05, 4.69) is 0 Å². The monoisotopic (exact) mass is 246 g/mol. The maximum absolute atomic E-state index is 11.4. The average Bonchev–Trinajstić information content (AvgIpc) is 2.39. The van der Waals surface area contributed by atoms with E-state index in [1.54, 1.807) is 25.1 Å². The molecular formula is C15H18O3. The summed E-state index contributed by atoms with van der Waals surface area (Å²) in [5, 5.41) is 0. The molecule has 0 unspecified atom stereocenters. The molecule has 0 aromatic heterocycles. The summed E-state index contributed by atoms with van der Waals surface area (Å²) in [5.74, 6) is -0.0939. The van der Waals surface area contributed by atoms with Crippen molar-refractivity contribution in [3.05, 3.63) is 41.5 Å². The third-order valence-corrected chi connectivity index (χ3v) is 2.45. The zero-order valence-electron chi connectivity index (χ0n) is 10.8. The van der Waals surface area contributed by atoms with Gasteiger partial charge in [0.05, 0.1) is 13.0 Å². The van der Waals surface area contributed by atoms with Gasteiger partial charge in [-0.1, -0.05) is 43.3 Å². The van der Waals surface area contributed by atoms with Crippen molar-refractivity contribution in [3.63, 3.8) is 0 Å². The van der Waals surface area contributed by atoms with E-state index in [4.69, 9.17) is 4.74 Å². The van der Waals surface area contributed by atoms with Gasteiger partial charge in [0.1, 0.15) is 0 Å². The number of rotatable bonds is 6. The van der Waals surface area contributed by atoms with Crippen LogP contribution in [0.2, 0.25) is 0 Å². The zero-order chi connectivity index (χ0) is 13.4. The fourth-order valence-electron chi connectivity index (χ4n) is 1.50. The topological polar surface area (TPSA) is 43.4 Å². The summed E-state index contributed by atoms with van der Waals surface area (Å²) < 4.78 is 4.81. The van der Waals surface area contributed by atoms with Crippen molar-refractivity contribution >= 4 is 17.8 Å². The number of hydrogen-bond donors (Lipinski definition) is 0. The smallest absolute Gasteiger partial charge is 0.309 e. The van der Waals surface area contributed by atoms with Crippen LogP contribution in [0.3, 0.4) is 0 Å². The van der Waals surface area contributed by atoms with Gasteiger partial charge in [-0.25, -0.2) is 0 Å². The lowest BCUT2D eigenvalue weighted by molar-refractivity contribution is -0.142. The molecule has 0 amide bonds. The quantitative estimate of drug-likeness (QED) is 0.571. The summed E-state index contributed by atoms with van der Waals surface area (Å²) in [4.78, 5) is 22.5. The van der Waals surface area contributed by atoms with Crippen molar-refractivity contribution in [1.29, 1.82) is 0 Å². The van der Waals surface area contributed by atoms with E-state index in [1.807, 2.05) is 25.1 Å². The second-order valence-corrected chi connectivity index (χ2v) is 3.81. The Hall–Kier alpha value is -1.90. The van der Waals surface area contributed by atoms with Crippen LogP contribution >= 0.6 is 0 Å². The van der Waals surface area contributed by atoms with Crippen molar-refractivity contribution in [3.8, 4) is 0 Å². The van der Waals surface area contributed by atoms with Crippen LogP contribution in [0.5, 0.6) is 0 Å². The summed E-state index contributed by atoms with van der Waals surface area (Å²) in [7, 11) is 0. The Bertz CT molecular complexity index is 430. The van der Waals surface area contributed by atoms with Gasteiger partial charge in [0.25, 0.3) is 0 Å². The lowest BCUT2D eigenvalue weighted by Gasteiger charge is -1.99. The van der Waals surface area contributed by atoms with Gasteiger partial charge < -0.3 is 4.74 Å². The Morgan fingerprint density at radius 1 is 1.17 bits per heavy atom. The summed E-state index contributed by atoms with van der Waals surface area (Å²) in [6.45, 7) is 4.03. The molecule has 0 radical (unpaired) electrons. The fourth-order valence-corrected chi connectivity index (χ4v) is 1.50. The van der Waals surface area contributed by atoms with Gasteiger partial charge in [-0.2, -0.15) is 0 Å². The highest BCUT2D eigenvalue weighted by molar-refractivity contribution is 5.95. The number of carbonyl (C=O) groups is 2. The molecule has 96 valence electrons. The highest BCUT2D eigenvalue weighted by atomic mass is 16.5. The molecule has 0 saturated carbocycles. The van der Waals surface area contributed by atoms with Crippen LogP contribution < -0.4 is 0 Å². The Morgan fingerprint density at radius 3 is 2.39 bits per heavy atom. The van der Waals surface area contributed by atoms with E-state index in [1.165, 1.54) is 0 Å². The van der Waals surface area contributed by atoms with Crippen molar-refractivity contribution in [2.75, 3.05) is 6.61 Å². The standard InChI is InChI=1S/C15H18O3/c1-3-14(16)13-10-8-12(9-11-13)6-5-7-15(17)18-4-2/h5-6,8-11H,3-4,7H2,1-2H3. The highest BCUT2D eigenvalue weighted by Gasteiger charge is 2.01. The lowest BCUT2D eigenvalue weighted by Crippen LogP contribution is -2.01. The molecule has 0 N–H and O–H groups in total. The Balaban J connectivity index is 2.56. The molecule has 18 heavy (non-hydrogen) atoms. The third kappa shape index (κ3) is 4.53. The second kappa shape index (κ2) is 7.43. The van der Waals surface area contributed by atoms with Gasteiger partial charge >= 0.3 is 5.97 Å². The lowest BCUT2D eigenvalue weighted by atomic mass is 10.1. The molecule has 0 heterocycles. The SMILES string of the molecule is CCOC(=O)CC=Cc1ccc(C(=O)CC)cc1. The van der Waals surface area contributed by atoms with Gasteiger partial charge in [0, 0.05) is 12.0 Å². The van der Waals surface area contributed by atoms with Gasteiger partial charge in [-0.3, -0.25) is 9.59 Å². The van der Waals surface area contributed by atoms with Crippen molar-refractivity contribution in [2.24, 2.45) is 0 Å². The van der Waals surface area contributed by atoms with Gasteiger partial charge in [-0.15, -0.1) is 0 Å². The molecule has 0 aliphatic rings. The molecule has 0 atom stereocenters. The summed E-state index contributed by atoms with van der Waals surface area (Å²) in [6, 6.07) is 7.33. The van der Waals surface area contributed by atoms with Crippen molar-refractivity contribution in [2.45, 2.75) is 26.7 Å². The number of carbonyl (C=O) groups excluding carboxylic acids is 2. The van der Waals surface area contributed by atoms with Gasteiger partial charge in [0.15, 0.2) is 5.78 Å². The number of ketones is 1. The molecule has 1 aromatic carbocycles. The number of esters is 1. The normalized spacial score (nSPS) is 10.6. The van der Waals surface area contributed by atoms with E-state index in [0.717, 1.165) is 11.1 Å².